The minimum absolute atomic E-state index is 0.153. The lowest BCUT2D eigenvalue weighted by molar-refractivity contribution is -0.115. The van der Waals surface area contributed by atoms with Gasteiger partial charge < -0.3 is 10.1 Å². The Kier molecular flexibility index (Phi) is 4.47. The summed E-state index contributed by atoms with van der Waals surface area (Å²) in [5.41, 5.74) is 4.83. The second kappa shape index (κ2) is 6.71. The number of nitrogens with zero attached hydrogens (tertiary/aromatic N) is 1. The summed E-state index contributed by atoms with van der Waals surface area (Å²) in [6, 6.07) is 13.9. The van der Waals surface area contributed by atoms with E-state index in [0.29, 0.717) is 18.0 Å². The molecule has 122 valence electrons. The summed E-state index contributed by atoms with van der Waals surface area (Å²) in [6.07, 6.45) is 2.43. The van der Waals surface area contributed by atoms with Crippen LogP contribution in [0.5, 0.6) is 5.75 Å². The van der Waals surface area contributed by atoms with Crippen LogP contribution in [0.1, 0.15) is 22.3 Å². The first-order chi connectivity index (χ1) is 11.5. The molecule has 0 bridgehead atoms. The van der Waals surface area contributed by atoms with Crippen LogP contribution in [0.2, 0.25) is 0 Å². The maximum atomic E-state index is 12.2. The van der Waals surface area contributed by atoms with Gasteiger partial charge in [-0.05, 0) is 48.7 Å². The second-order valence-electron chi connectivity index (χ2n) is 5.93. The number of benzene rings is 2. The topological polar surface area (TPSA) is 50.7 Å². The number of ether oxygens (including phenoxy) is 1. The van der Waals surface area contributed by atoms with E-state index in [1.165, 1.54) is 0 Å². The fraction of sp³-hybridized carbons (Fsp3) is 0.200. The molecule has 4 nitrogen and oxygen atoms in total. The molecule has 0 aromatic heterocycles. The Balaban J connectivity index is 1.81. The number of rotatable bonds is 4. The van der Waals surface area contributed by atoms with Crippen LogP contribution in [-0.2, 0) is 11.2 Å². The third-order valence-corrected chi connectivity index (χ3v) is 4.00. The van der Waals surface area contributed by atoms with E-state index < -0.39 is 0 Å². The van der Waals surface area contributed by atoms with Crippen molar-refractivity contribution in [2.24, 2.45) is 4.99 Å². The van der Waals surface area contributed by atoms with Crippen molar-refractivity contribution in [2.45, 2.75) is 20.3 Å². The molecule has 1 aliphatic rings. The van der Waals surface area contributed by atoms with E-state index in [1.807, 2.05) is 44.2 Å². The van der Waals surface area contributed by atoms with Gasteiger partial charge in [-0.1, -0.05) is 35.9 Å². The number of nitrogens with one attached hydrogen (secondary N) is 1. The highest BCUT2D eigenvalue weighted by molar-refractivity contribution is 6.14. The Morgan fingerprint density at radius 1 is 1.12 bits per heavy atom. The smallest absolute Gasteiger partial charge is 0.275 e. The fourth-order valence-corrected chi connectivity index (χ4v) is 2.60. The number of amides is 1. The summed E-state index contributed by atoms with van der Waals surface area (Å²) in [5, 5.41) is 2.85. The highest BCUT2D eigenvalue weighted by atomic mass is 16.5. The molecule has 0 saturated carbocycles. The van der Waals surface area contributed by atoms with Crippen LogP contribution in [0, 0.1) is 13.8 Å². The molecule has 0 spiro atoms. The van der Waals surface area contributed by atoms with Crippen molar-refractivity contribution in [1.82, 2.24) is 5.32 Å². The van der Waals surface area contributed by atoms with Crippen LogP contribution < -0.4 is 10.1 Å². The molecule has 2 aromatic carbocycles. The first-order valence-electron chi connectivity index (χ1n) is 7.86. The van der Waals surface area contributed by atoms with Crippen molar-refractivity contribution in [3.8, 4) is 5.75 Å². The van der Waals surface area contributed by atoms with Crippen LogP contribution in [0.4, 0.5) is 0 Å². The molecule has 24 heavy (non-hydrogen) atoms. The monoisotopic (exact) mass is 320 g/mol. The van der Waals surface area contributed by atoms with Crippen molar-refractivity contribution in [3.63, 3.8) is 0 Å². The zero-order chi connectivity index (χ0) is 17.1. The quantitative estimate of drug-likeness (QED) is 0.878. The van der Waals surface area contributed by atoms with Gasteiger partial charge in [0.15, 0.2) is 0 Å². The summed E-state index contributed by atoms with van der Waals surface area (Å²) < 4.78 is 5.15. The van der Waals surface area contributed by atoms with E-state index in [0.717, 1.165) is 28.0 Å². The van der Waals surface area contributed by atoms with Gasteiger partial charge in [0, 0.05) is 6.42 Å². The van der Waals surface area contributed by atoms with E-state index in [4.69, 9.17) is 4.74 Å². The molecule has 2 aromatic rings. The molecule has 1 amide bonds. The van der Waals surface area contributed by atoms with Crippen LogP contribution in [0.25, 0.3) is 6.08 Å². The van der Waals surface area contributed by atoms with E-state index in [1.54, 1.807) is 7.11 Å². The van der Waals surface area contributed by atoms with Crippen molar-refractivity contribution < 1.29 is 9.53 Å². The average molecular weight is 320 g/mol. The molecule has 1 N–H and O–H groups in total. The van der Waals surface area contributed by atoms with Crippen molar-refractivity contribution in [3.05, 3.63) is 70.4 Å². The predicted molar refractivity (Wildman–Crippen MR) is 96.2 cm³/mol. The first kappa shape index (κ1) is 16.0. The van der Waals surface area contributed by atoms with Crippen LogP contribution in [0.15, 0.2) is 53.2 Å². The van der Waals surface area contributed by atoms with Crippen LogP contribution in [0.3, 0.4) is 0 Å². The number of hydrogen-bond acceptors (Lipinski definition) is 3. The molecule has 4 heteroatoms. The normalized spacial score (nSPS) is 15.4. The van der Waals surface area contributed by atoms with Crippen LogP contribution in [-0.4, -0.2) is 18.9 Å². The molecule has 1 heterocycles. The van der Waals surface area contributed by atoms with Gasteiger partial charge in [-0.2, -0.15) is 0 Å². The molecule has 0 radical (unpaired) electrons. The van der Waals surface area contributed by atoms with Gasteiger partial charge in [0.05, 0.1) is 7.11 Å². The third kappa shape index (κ3) is 3.54. The van der Waals surface area contributed by atoms with E-state index in [2.05, 4.69) is 28.5 Å². The third-order valence-electron chi connectivity index (χ3n) is 4.00. The highest BCUT2D eigenvalue weighted by Gasteiger charge is 2.20. The number of hydrogen-bond donors (Lipinski definition) is 1. The molecular formula is C20H20N2O2. The van der Waals surface area contributed by atoms with Crippen molar-refractivity contribution in [1.29, 1.82) is 0 Å². The zero-order valence-corrected chi connectivity index (χ0v) is 14.1. The van der Waals surface area contributed by atoms with Gasteiger partial charge in [-0.15, -0.1) is 0 Å². The zero-order valence-electron chi connectivity index (χ0n) is 14.1. The number of carbonyl (C=O) groups is 1. The maximum Gasteiger partial charge on any atom is 0.275 e. The molecule has 0 fully saturated rings. The summed E-state index contributed by atoms with van der Waals surface area (Å²) in [6.45, 7) is 4.06. The Bertz CT molecular complexity index is 833. The van der Waals surface area contributed by atoms with Gasteiger partial charge in [0.2, 0.25) is 0 Å². The second-order valence-corrected chi connectivity index (χ2v) is 5.93. The van der Waals surface area contributed by atoms with Gasteiger partial charge in [0.25, 0.3) is 5.91 Å². The van der Waals surface area contributed by atoms with Gasteiger partial charge >= 0.3 is 0 Å². The summed E-state index contributed by atoms with van der Waals surface area (Å²) in [4.78, 5) is 16.6. The van der Waals surface area contributed by atoms with Crippen molar-refractivity contribution in [2.75, 3.05) is 7.11 Å². The molecule has 1 aliphatic heterocycles. The first-order valence-corrected chi connectivity index (χ1v) is 7.86. The summed E-state index contributed by atoms with van der Waals surface area (Å²) in [5.74, 6) is 1.33. The Morgan fingerprint density at radius 2 is 1.88 bits per heavy atom. The number of aliphatic imine (C=N–C) groups is 1. The van der Waals surface area contributed by atoms with Crippen LogP contribution >= 0.6 is 0 Å². The SMILES string of the molecule is COc1ccc(CC2=N/C(=C/c3cc(C)ccc3C)C(=O)N2)cc1. The average Bonchev–Trinajstić information content (AvgIpc) is 2.91. The van der Waals surface area contributed by atoms with E-state index in [-0.39, 0.29) is 5.91 Å². The maximum absolute atomic E-state index is 12.2. The molecule has 0 atom stereocenters. The molecule has 0 unspecified atom stereocenters. The summed E-state index contributed by atoms with van der Waals surface area (Å²) >= 11 is 0. The van der Waals surface area contributed by atoms with E-state index >= 15 is 0 Å². The largest absolute Gasteiger partial charge is 0.497 e. The molecule has 3 rings (SSSR count). The molecule has 0 aliphatic carbocycles. The number of carbonyl (C=O) groups excluding carboxylic acids is 1. The summed E-state index contributed by atoms with van der Waals surface area (Å²) in [7, 11) is 1.64. The molecule has 0 saturated heterocycles. The Labute approximate surface area is 141 Å². The predicted octanol–water partition coefficient (Wildman–Crippen LogP) is 3.42. The number of methoxy groups -OCH3 is 1. The minimum Gasteiger partial charge on any atom is -0.497 e. The van der Waals surface area contributed by atoms with Gasteiger partial charge in [-0.25, -0.2) is 4.99 Å². The van der Waals surface area contributed by atoms with E-state index in [9.17, 15) is 4.79 Å². The van der Waals surface area contributed by atoms with Gasteiger partial charge in [0.1, 0.15) is 17.3 Å². The lowest BCUT2D eigenvalue weighted by atomic mass is 10.0. The minimum atomic E-state index is -0.153. The number of aryl methyl sites for hydroxylation is 2. The van der Waals surface area contributed by atoms with Gasteiger partial charge in [-0.3, -0.25) is 4.79 Å². The Morgan fingerprint density at radius 3 is 2.58 bits per heavy atom. The Hall–Kier alpha value is -2.88. The standard InChI is InChI=1S/C20H20N2O2/c1-13-4-5-14(2)16(10-13)12-18-20(23)22-19(21-18)11-15-6-8-17(24-3)9-7-15/h4-10,12H,11H2,1-3H3,(H,21,22,23)/b18-12+. The highest BCUT2D eigenvalue weighted by Crippen LogP contribution is 2.18. The fourth-order valence-electron chi connectivity index (χ4n) is 2.60. The lowest BCUT2D eigenvalue weighted by Crippen LogP contribution is -2.25. The number of amidine groups is 1. The lowest BCUT2D eigenvalue weighted by Gasteiger charge is -2.03. The molecular weight excluding hydrogens is 300 g/mol. The van der Waals surface area contributed by atoms with Crippen molar-refractivity contribution >= 4 is 17.8 Å².